The highest BCUT2D eigenvalue weighted by atomic mass is 16.5. The number of carbonyl (C=O) groups excluding carboxylic acids is 2. The number of benzene rings is 2. The van der Waals surface area contributed by atoms with E-state index in [4.69, 9.17) is 10.5 Å². The molecule has 3 rings (SSSR count). The minimum Gasteiger partial charge on any atom is -0.465 e. The topological polar surface area (TPSA) is 125 Å². The predicted molar refractivity (Wildman–Crippen MR) is 126 cm³/mol. The van der Waals surface area contributed by atoms with Gasteiger partial charge in [-0.2, -0.15) is 0 Å². The molecular weight excluding hydrogens is 424 g/mol. The van der Waals surface area contributed by atoms with Crippen molar-refractivity contribution in [3.05, 3.63) is 91.6 Å². The molecule has 3 N–H and O–H groups in total. The summed E-state index contributed by atoms with van der Waals surface area (Å²) < 4.78 is 6.95. The number of nitrogens with two attached hydrogens (primary N) is 1. The van der Waals surface area contributed by atoms with Gasteiger partial charge in [0.1, 0.15) is 11.4 Å². The van der Waals surface area contributed by atoms with Gasteiger partial charge in [-0.05, 0) is 43.2 Å². The summed E-state index contributed by atoms with van der Waals surface area (Å²) in [4.78, 5) is 50.4. The van der Waals surface area contributed by atoms with Crippen LogP contribution in [0.1, 0.15) is 38.8 Å². The zero-order chi connectivity index (χ0) is 24.1. The number of anilines is 2. The molecule has 0 unspecified atom stereocenters. The third-order valence-electron chi connectivity index (χ3n) is 5.33. The van der Waals surface area contributed by atoms with E-state index in [2.05, 4.69) is 5.32 Å². The molecule has 0 atom stereocenters. The molecule has 0 spiro atoms. The Kier molecular flexibility index (Phi) is 7.12. The molecule has 9 heteroatoms. The minimum atomic E-state index is -0.714. The molecule has 0 bridgehead atoms. The first-order valence-corrected chi connectivity index (χ1v) is 10.4. The smallest absolute Gasteiger partial charge is 0.337 e. The summed E-state index contributed by atoms with van der Waals surface area (Å²) in [6.07, 6.45) is 0. The second kappa shape index (κ2) is 9.99. The first-order chi connectivity index (χ1) is 15.8. The fourth-order valence-electron chi connectivity index (χ4n) is 3.55. The lowest BCUT2D eigenvalue weighted by molar-refractivity contribution is 0.0600. The first kappa shape index (κ1) is 23.5. The number of Topliss-reactive ketones (excluding diaryl/α,β-unsaturated/α-hetero) is 1. The van der Waals surface area contributed by atoms with Crippen molar-refractivity contribution in [1.29, 1.82) is 0 Å². The van der Waals surface area contributed by atoms with Gasteiger partial charge in [-0.3, -0.25) is 18.7 Å². The monoisotopic (exact) mass is 450 g/mol. The Morgan fingerprint density at radius 2 is 1.76 bits per heavy atom. The number of methoxy groups -OCH3 is 1. The van der Waals surface area contributed by atoms with Gasteiger partial charge in [0.15, 0.2) is 5.78 Å². The largest absolute Gasteiger partial charge is 0.465 e. The number of ketones is 1. The van der Waals surface area contributed by atoms with E-state index in [0.29, 0.717) is 11.3 Å². The normalized spacial score (nSPS) is 10.6. The molecule has 0 saturated carbocycles. The quantitative estimate of drug-likeness (QED) is 0.397. The van der Waals surface area contributed by atoms with Crippen molar-refractivity contribution < 1.29 is 14.3 Å². The van der Waals surface area contributed by atoms with Gasteiger partial charge in [0.05, 0.1) is 25.8 Å². The van der Waals surface area contributed by atoms with Crippen LogP contribution >= 0.6 is 0 Å². The maximum atomic E-state index is 13.0. The summed E-state index contributed by atoms with van der Waals surface area (Å²) >= 11 is 0. The number of nitrogens with one attached hydrogen (secondary N) is 1. The lowest BCUT2D eigenvalue weighted by Crippen LogP contribution is -2.44. The fraction of sp³-hybridized carbons (Fsp3) is 0.250. The average molecular weight is 450 g/mol. The average Bonchev–Trinajstić information content (AvgIpc) is 2.81. The van der Waals surface area contributed by atoms with Gasteiger partial charge >= 0.3 is 11.7 Å². The number of nitrogen functional groups attached to an aromatic ring is 1. The van der Waals surface area contributed by atoms with Crippen LogP contribution in [0.5, 0.6) is 0 Å². The summed E-state index contributed by atoms with van der Waals surface area (Å²) in [5.74, 6) is -1.17. The predicted octanol–water partition coefficient (Wildman–Crippen LogP) is 2.05. The Hall–Kier alpha value is -4.14. The molecule has 0 saturated heterocycles. The number of rotatable bonds is 8. The van der Waals surface area contributed by atoms with Crippen LogP contribution < -0.4 is 22.3 Å². The third kappa shape index (κ3) is 4.87. The summed E-state index contributed by atoms with van der Waals surface area (Å²) in [6.45, 7) is 3.45. The molecule has 0 fully saturated rings. The Morgan fingerprint density at radius 1 is 1.06 bits per heavy atom. The molecule has 0 aliphatic carbocycles. The maximum absolute atomic E-state index is 13.0. The SMILES string of the molecule is CCn1c(=O)c(C(=O)CNc2ccc(C(=O)OC)cc2C)c(N)n(Cc2ccccc2)c1=O. The van der Waals surface area contributed by atoms with Crippen LogP contribution in [0.2, 0.25) is 0 Å². The van der Waals surface area contributed by atoms with Crippen LogP contribution in [0.25, 0.3) is 0 Å². The lowest BCUT2D eigenvalue weighted by Gasteiger charge is -2.16. The zero-order valence-electron chi connectivity index (χ0n) is 18.8. The Balaban J connectivity index is 1.93. The zero-order valence-corrected chi connectivity index (χ0v) is 18.8. The standard InChI is InChI=1S/C24H26N4O5/c1-4-27-22(30)20(21(25)28(24(27)32)14-16-8-6-5-7-9-16)19(29)13-26-18-11-10-17(12-15(18)2)23(31)33-3/h5-12,26H,4,13-14,25H2,1-3H3. The number of hydrogen-bond donors (Lipinski definition) is 2. The van der Waals surface area contributed by atoms with E-state index in [-0.39, 0.29) is 31.0 Å². The van der Waals surface area contributed by atoms with Crippen LogP contribution in [-0.2, 0) is 17.8 Å². The van der Waals surface area contributed by atoms with Crippen molar-refractivity contribution in [2.24, 2.45) is 0 Å². The minimum absolute atomic E-state index is 0.106. The van der Waals surface area contributed by atoms with Gasteiger partial charge in [0.2, 0.25) is 0 Å². The van der Waals surface area contributed by atoms with E-state index < -0.39 is 23.0 Å². The van der Waals surface area contributed by atoms with Crippen molar-refractivity contribution in [1.82, 2.24) is 9.13 Å². The molecule has 0 aliphatic rings. The molecule has 172 valence electrons. The molecule has 2 aromatic carbocycles. The summed E-state index contributed by atoms with van der Waals surface area (Å²) in [7, 11) is 1.30. The number of aryl methyl sites for hydroxylation is 1. The van der Waals surface area contributed by atoms with E-state index in [1.165, 1.54) is 11.7 Å². The summed E-state index contributed by atoms with van der Waals surface area (Å²) in [5, 5.41) is 2.98. The van der Waals surface area contributed by atoms with E-state index in [1.54, 1.807) is 32.0 Å². The van der Waals surface area contributed by atoms with Crippen molar-refractivity contribution in [3.8, 4) is 0 Å². The molecule has 1 heterocycles. The van der Waals surface area contributed by atoms with Gasteiger partial charge in [-0.25, -0.2) is 9.59 Å². The second-order valence-corrected chi connectivity index (χ2v) is 7.46. The highest BCUT2D eigenvalue weighted by Gasteiger charge is 2.22. The van der Waals surface area contributed by atoms with E-state index in [9.17, 15) is 19.2 Å². The third-order valence-corrected chi connectivity index (χ3v) is 5.33. The Labute approximate surface area is 190 Å². The van der Waals surface area contributed by atoms with Gasteiger partial charge in [-0.15, -0.1) is 0 Å². The molecule has 0 aliphatic heterocycles. The summed E-state index contributed by atoms with van der Waals surface area (Å²) in [6, 6.07) is 14.0. The van der Waals surface area contributed by atoms with E-state index in [1.807, 2.05) is 30.3 Å². The van der Waals surface area contributed by atoms with Gasteiger partial charge in [0, 0.05) is 12.2 Å². The molecule has 3 aromatic rings. The highest BCUT2D eigenvalue weighted by molar-refractivity contribution is 6.02. The Bertz CT molecular complexity index is 1310. The number of esters is 1. The van der Waals surface area contributed by atoms with Crippen LogP contribution in [-0.4, -0.2) is 34.5 Å². The number of aromatic nitrogens is 2. The number of ether oxygens (including phenoxy) is 1. The molecule has 9 nitrogen and oxygen atoms in total. The highest BCUT2D eigenvalue weighted by Crippen LogP contribution is 2.18. The molecule has 33 heavy (non-hydrogen) atoms. The van der Waals surface area contributed by atoms with Crippen molar-refractivity contribution in [2.45, 2.75) is 26.9 Å². The van der Waals surface area contributed by atoms with Crippen LogP contribution in [0, 0.1) is 6.92 Å². The van der Waals surface area contributed by atoms with E-state index in [0.717, 1.165) is 15.7 Å². The van der Waals surface area contributed by atoms with Crippen molar-refractivity contribution in [3.63, 3.8) is 0 Å². The fourth-order valence-corrected chi connectivity index (χ4v) is 3.55. The first-order valence-electron chi connectivity index (χ1n) is 10.4. The van der Waals surface area contributed by atoms with Crippen LogP contribution in [0.3, 0.4) is 0 Å². The van der Waals surface area contributed by atoms with Gasteiger partial charge < -0.3 is 15.8 Å². The van der Waals surface area contributed by atoms with Crippen molar-refractivity contribution in [2.75, 3.05) is 24.7 Å². The summed E-state index contributed by atoms with van der Waals surface area (Å²) in [5.41, 5.74) is 7.19. The van der Waals surface area contributed by atoms with Crippen LogP contribution in [0.15, 0.2) is 58.1 Å². The van der Waals surface area contributed by atoms with Gasteiger partial charge in [-0.1, -0.05) is 30.3 Å². The van der Waals surface area contributed by atoms with Crippen molar-refractivity contribution >= 4 is 23.3 Å². The Morgan fingerprint density at radius 3 is 2.36 bits per heavy atom. The lowest BCUT2D eigenvalue weighted by atomic mass is 10.1. The molecule has 0 radical (unpaired) electrons. The molecule has 1 aromatic heterocycles. The molecular formula is C24H26N4O5. The van der Waals surface area contributed by atoms with E-state index >= 15 is 0 Å². The van der Waals surface area contributed by atoms with Gasteiger partial charge in [0.25, 0.3) is 5.56 Å². The number of nitrogens with zero attached hydrogens (tertiary/aromatic N) is 2. The second-order valence-electron chi connectivity index (χ2n) is 7.46. The molecule has 0 amide bonds. The maximum Gasteiger partial charge on any atom is 0.337 e. The number of hydrogen-bond acceptors (Lipinski definition) is 7. The van der Waals surface area contributed by atoms with Crippen LogP contribution in [0.4, 0.5) is 11.5 Å². The number of carbonyl (C=O) groups is 2.